The van der Waals surface area contributed by atoms with Crippen LogP contribution in [-0.2, 0) is 0 Å². The van der Waals surface area contributed by atoms with Crippen LogP contribution in [0.4, 0.5) is 11.4 Å². The van der Waals surface area contributed by atoms with Gasteiger partial charge in [0.15, 0.2) is 0 Å². The van der Waals surface area contributed by atoms with Crippen molar-refractivity contribution in [2.75, 3.05) is 24.2 Å². The highest BCUT2D eigenvalue weighted by Gasteiger charge is 2.04. The molecule has 17 heavy (non-hydrogen) atoms. The topological polar surface area (TPSA) is 47.9 Å². The van der Waals surface area contributed by atoms with Gasteiger partial charge in [0.1, 0.15) is 0 Å². The second kappa shape index (κ2) is 6.94. The fourth-order valence-corrected chi connectivity index (χ4v) is 1.86. The first kappa shape index (κ1) is 13.6. The van der Waals surface area contributed by atoms with Crippen molar-refractivity contribution in [3.05, 3.63) is 23.8 Å². The van der Waals surface area contributed by atoms with Gasteiger partial charge in [0.05, 0.1) is 0 Å². The van der Waals surface area contributed by atoms with Crippen LogP contribution < -0.4 is 10.6 Å². The molecule has 1 rings (SSSR count). The van der Waals surface area contributed by atoms with Gasteiger partial charge in [0.2, 0.25) is 0 Å². The summed E-state index contributed by atoms with van der Waals surface area (Å²) in [6.07, 6.45) is 3.79. The van der Waals surface area contributed by atoms with E-state index in [1.807, 2.05) is 19.2 Å². The third kappa shape index (κ3) is 3.77. The zero-order valence-corrected chi connectivity index (χ0v) is 11.0. The van der Waals surface area contributed by atoms with Gasteiger partial charge in [0, 0.05) is 36.7 Å². The minimum Gasteiger partial charge on any atom is -0.388 e. The highest BCUT2D eigenvalue weighted by Crippen LogP contribution is 2.19. The van der Waals surface area contributed by atoms with Gasteiger partial charge in [-0.2, -0.15) is 0 Å². The summed E-state index contributed by atoms with van der Waals surface area (Å²) in [4.78, 5) is 0. The van der Waals surface area contributed by atoms with E-state index in [9.17, 15) is 0 Å². The molecule has 3 N–H and O–H groups in total. The maximum atomic E-state index is 7.38. The molecule has 0 heterocycles. The Labute approximate surface area is 104 Å². The molecule has 0 bridgehead atoms. The number of anilines is 2. The Bertz CT molecular complexity index is 356. The van der Waals surface area contributed by atoms with Crippen LogP contribution in [0.1, 0.15) is 32.3 Å². The van der Waals surface area contributed by atoms with E-state index >= 15 is 0 Å². The predicted octanol–water partition coefficient (Wildman–Crippen LogP) is 3.57. The molecule has 0 atom stereocenters. The number of hydrogen-bond donors (Lipinski definition) is 3. The van der Waals surface area contributed by atoms with Crippen LogP contribution in [0, 0.1) is 11.3 Å². The van der Waals surface area contributed by atoms with Crippen molar-refractivity contribution in [3.8, 4) is 0 Å². The van der Waals surface area contributed by atoms with Crippen molar-refractivity contribution < 1.29 is 0 Å². The second-order valence-corrected chi connectivity index (χ2v) is 4.26. The largest absolute Gasteiger partial charge is 0.388 e. The van der Waals surface area contributed by atoms with Gasteiger partial charge in [-0.1, -0.05) is 26.7 Å². The van der Waals surface area contributed by atoms with Crippen molar-refractivity contribution in [3.63, 3.8) is 0 Å². The maximum Gasteiger partial charge on any atom is 0.0428 e. The average Bonchev–Trinajstić information content (AvgIpc) is 2.39. The van der Waals surface area contributed by atoms with Crippen LogP contribution in [0.2, 0.25) is 0 Å². The van der Waals surface area contributed by atoms with Crippen molar-refractivity contribution in [2.45, 2.75) is 26.7 Å². The molecular formula is C14H23N3. The molecular weight excluding hydrogens is 210 g/mol. The van der Waals surface area contributed by atoms with E-state index in [2.05, 4.69) is 30.5 Å². The standard InChI is InChI=1S/C14H23N3/c1-4-11(5-2)10-17-13-6-7-14(16-3)12(8-13)9-15/h6-9,11,15-17H,4-5,10H2,1-3H3. The molecule has 0 saturated heterocycles. The highest BCUT2D eigenvalue weighted by atomic mass is 14.9. The summed E-state index contributed by atoms with van der Waals surface area (Å²) in [5.41, 5.74) is 3.00. The average molecular weight is 233 g/mol. The molecule has 94 valence electrons. The van der Waals surface area contributed by atoms with Crippen molar-refractivity contribution in [2.24, 2.45) is 5.92 Å². The summed E-state index contributed by atoms with van der Waals surface area (Å²) in [5, 5.41) is 13.9. The van der Waals surface area contributed by atoms with E-state index in [0.29, 0.717) is 0 Å². The van der Waals surface area contributed by atoms with Crippen LogP contribution in [-0.4, -0.2) is 19.8 Å². The minimum atomic E-state index is 0.724. The first-order chi connectivity index (χ1) is 8.24. The number of nitrogens with one attached hydrogen (secondary N) is 3. The van der Waals surface area contributed by atoms with E-state index < -0.39 is 0 Å². The Kier molecular flexibility index (Phi) is 5.53. The number of hydrogen-bond acceptors (Lipinski definition) is 3. The molecule has 3 heteroatoms. The van der Waals surface area contributed by atoms with Crippen molar-refractivity contribution in [1.82, 2.24) is 0 Å². The molecule has 0 aromatic heterocycles. The third-order valence-corrected chi connectivity index (χ3v) is 3.23. The van der Waals surface area contributed by atoms with Crippen molar-refractivity contribution in [1.29, 1.82) is 5.41 Å². The quantitative estimate of drug-likeness (QED) is 0.630. The molecule has 0 unspecified atom stereocenters. The molecule has 1 aromatic rings. The van der Waals surface area contributed by atoms with Crippen LogP contribution in [0.3, 0.4) is 0 Å². The molecule has 0 fully saturated rings. The molecule has 0 aliphatic carbocycles. The SMILES string of the molecule is CCC(CC)CNc1ccc(NC)c(C=N)c1. The highest BCUT2D eigenvalue weighted by molar-refractivity contribution is 5.87. The van der Waals surface area contributed by atoms with E-state index in [1.165, 1.54) is 19.1 Å². The minimum absolute atomic E-state index is 0.724. The summed E-state index contributed by atoms with van der Waals surface area (Å²) in [6.45, 7) is 5.45. The summed E-state index contributed by atoms with van der Waals surface area (Å²) >= 11 is 0. The normalized spacial score (nSPS) is 10.4. The van der Waals surface area contributed by atoms with Crippen LogP contribution in [0.15, 0.2) is 18.2 Å². The van der Waals surface area contributed by atoms with Crippen LogP contribution in [0.25, 0.3) is 0 Å². The smallest absolute Gasteiger partial charge is 0.0428 e. The summed E-state index contributed by atoms with van der Waals surface area (Å²) in [6, 6.07) is 6.08. The van der Waals surface area contributed by atoms with E-state index in [0.717, 1.165) is 29.4 Å². The first-order valence-electron chi connectivity index (χ1n) is 6.31. The molecule has 3 nitrogen and oxygen atoms in total. The summed E-state index contributed by atoms with van der Waals surface area (Å²) < 4.78 is 0. The third-order valence-electron chi connectivity index (χ3n) is 3.23. The number of benzene rings is 1. The van der Waals surface area contributed by atoms with Crippen LogP contribution >= 0.6 is 0 Å². The molecule has 0 radical (unpaired) electrons. The Hall–Kier alpha value is -1.51. The van der Waals surface area contributed by atoms with Gasteiger partial charge in [0.25, 0.3) is 0 Å². The molecule has 0 spiro atoms. The Morgan fingerprint density at radius 2 is 2.00 bits per heavy atom. The second-order valence-electron chi connectivity index (χ2n) is 4.26. The molecule has 1 aromatic carbocycles. The zero-order chi connectivity index (χ0) is 12.7. The Morgan fingerprint density at radius 1 is 1.29 bits per heavy atom. The van der Waals surface area contributed by atoms with Crippen LogP contribution in [0.5, 0.6) is 0 Å². The lowest BCUT2D eigenvalue weighted by Gasteiger charge is -2.15. The van der Waals surface area contributed by atoms with Crippen molar-refractivity contribution >= 4 is 17.6 Å². The van der Waals surface area contributed by atoms with Gasteiger partial charge in [-0.25, -0.2) is 0 Å². The van der Waals surface area contributed by atoms with Gasteiger partial charge in [-0.05, 0) is 24.1 Å². The fourth-order valence-electron chi connectivity index (χ4n) is 1.86. The van der Waals surface area contributed by atoms with Gasteiger partial charge >= 0.3 is 0 Å². The van der Waals surface area contributed by atoms with E-state index in [-0.39, 0.29) is 0 Å². The lowest BCUT2D eigenvalue weighted by Crippen LogP contribution is -2.12. The first-order valence-corrected chi connectivity index (χ1v) is 6.31. The summed E-state index contributed by atoms with van der Waals surface area (Å²) in [7, 11) is 1.87. The van der Waals surface area contributed by atoms with E-state index in [1.54, 1.807) is 0 Å². The lowest BCUT2D eigenvalue weighted by molar-refractivity contribution is 0.519. The Morgan fingerprint density at radius 3 is 2.53 bits per heavy atom. The predicted molar refractivity (Wildman–Crippen MR) is 76.4 cm³/mol. The van der Waals surface area contributed by atoms with Gasteiger partial charge in [-0.15, -0.1) is 0 Å². The van der Waals surface area contributed by atoms with Gasteiger partial charge < -0.3 is 16.0 Å². The lowest BCUT2D eigenvalue weighted by atomic mass is 10.0. The Balaban J connectivity index is 2.69. The number of rotatable bonds is 7. The monoisotopic (exact) mass is 233 g/mol. The maximum absolute atomic E-state index is 7.38. The molecule has 0 aliphatic heterocycles. The summed E-state index contributed by atoms with van der Waals surface area (Å²) in [5.74, 6) is 0.724. The van der Waals surface area contributed by atoms with E-state index in [4.69, 9.17) is 5.41 Å². The molecule has 0 amide bonds. The molecule has 0 saturated carbocycles. The van der Waals surface area contributed by atoms with Gasteiger partial charge in [-0.3, -0.25) is 0 Å². The zero-order valence-electron chi connectivity index (χ0n) is 11.0. The molecule has 0 aliphatic rings. The fraction of sp³-hybridized carbons (Fsp3) is 0.500.